The number of aliphatic hydroxyl groups excluding tert-OH is 3. The highest BCUT2D eigenvalue weighted by Crippen LogP contribution is 2.64. The van der Waals surface area contributed by atoms with Crippen LogP contribution in [0.1, 0.15) is 54.9 Å². The minimum Gasteiger partial charge on any atom is -0.396 e. The molecule has 0 radical (unpaired) electrons. The molecule has 0 amide bonds. The Balaban J connectivity index is 2.99. The highest BCUT2D eigenvalue weighted by atomic mass is 16.4. The summed E-state index contributed by atoms with van der Waals surface area (Å²) in [6, 6.07) is 0. The first-order valence-electron chi connectivity index (χ1n) is 7.45. The summed E-state index contributed by atoms with van der Waals surface area (Å²) in [6.07, 6.45) is -0.996. The molecule has 4 nitrogen and oxygen atoms in total. The van der Waals surface area contributed by atoms with Gasteiger partial charge in [0.15, 0.2) is 0 Å². The van der Waals surface area contributed by atoms with E-state index in [1.165, 1.54) is 0 Å². The SMILES string of the molecule is CC(CC(C)(C)CO)C(O)C1(O)C(C)(C)C(O)C1(C)C. The molecule has 2 unspecified atom stereocenters. The zero-order chi connectivity index (χ0) is 16.1. The highest BCUT2D eigenvalue weighted by Gasteiger charge is 2.74. The number of rotatable bonds is 5. The molecule has 1 aliphatic carbocycles. The lowest BCUT2D eigenvalue weighted by Gasteiger charge is -2.69. The van der Waals surface area contributed by atoms with Gasteiger partial charge < -0.3 is 20.4 Å². The van der Waals surface area contributed by atoms with Crippen LogP contribution in [0, 0.1) is 22.2 Å². The minimum atomic E-state index is -1.34. The summed E-state index contributed by atoms with van der Waals surface area (Å²) < 4.78 is 0. The van der Waals surface area contributed by atoms with Gasteiger partial charge in [0, 0.05) is 17.4 Å². The van der Waals surface area contributed by atoms with Crippen molar-refractivity contribution in [3.63, 3.8) is 0 Å². The summed E-state index contributed by atoms with van der Waals surface area (Å²) >= 11 is 0. The van der Waals surface area contributed by atoms with E-state index in [2.05, 4.69) is 0 Å². The van der Waals surface area contributed by atoms with Crippen molar-refractivity contribution in [2.24, 2.45) is 22.2 Å². The lowest BCUT2D eigenvalue weighted by Crippen LogP contribution is -2.81. The van der Waals surface area contributed by atoms with Crippen molar-refractivity contribution in [1.29, 1.82) is 0 Å². The second-order valence-corrected chi connectivity index (χ2v) is 8.56. The normalized spacial score (nSPS) is 35.2. The van der Waals surface area contributed by atoms with E-state index in [9.17, 15) is 20.4 Å². The number of aliphatic hydroxyl groups is 4. The van der Waals surface area contributed by atoms with Crippen molar-refractivity contribution in [3.05, 3.63) is 0 Å². The van der Waals surface area contributed by atoms with Gasteiger partial charge in [-0.3, -0.25) is 0 Å². The van der Waals surface area contributed by atoms with Crippen LogP contribution in [-0.2, 0) is 0 Å². The van der Waals surface area contributed by atoms with Crippen LogP contribution in [0.3, 0.4) is 0 Å². The first kappa shape index (κ1) is 17.9. The Hall–Kier alpha value is -0.160. The maximum absolute atomic E-state index is 11.1. The van der Waals surface area contributed by atoms with Crippen LogP contribution < -0.4 is 0 Å². The molecule has 20 heavy (non-hydrogen) atoms. The monoisotopic (exact) mass is 288 g/mol. The lowest BCUT2D eigenvalue weighted by molar-refractivity contribution is -0.356. The first-order valence-corrected chi connectivity index (χ1v) is 7.45. The quantitative estimate of drug-likeness (QED) is 0.619. The zero-order valence-corrected chi connectivity index (χ0v) is 13.9. The van der Waals surface area contributed by atoms with E-state index in [-0.39, 0.29) is 17.9 Å². The van der Waals surface area contributed by atoms with Crippen LogP contribution in [0.25, 0.3) is 0 Å². The predicted octanol–water partition coefficient (Wildman–Crippen LogP) is 1.55. The van der Waals surface area contributed by atoms with Gasteiger partial charge >= 0.3 is 0 Å². The third-order valence-corrected chi connectivity index (χ3v) is 5.60. The van der Waals surface area contributed by atoms with Gasteiger partial charge in [0.1, 0.15) is 5.60 Å². The first-order chi connectivity index (χ1) is 8.75. The van der Waals surface area contributed by atoms with Crippen molar-refractivity contribution in [2.45, 2.75) is 72.7 Å². The van der Waals surface area contributed by atoms with Gasteiger partial charge in [0.05, 0.1) is 12.2 Å². The molecule has 4 heteroatoms. The van der Waals surface area contributed by atoms with E-state index < -0.39 is 28.6 Å². The van der Waals surface area contributed by atoms with Crippen LogP contribution in [0.2, 0.25) is 0 Å². The second-order valence-electron chi connectivity index (χ2n) is 8.56. The Labute approximate surface area is 122 Å². The molecule has 1 rings (SSSR count). The van der Waals surface area contributed by atoms with E-state index in [0.29, 0.717) is 6.42 Å². The van der Waals surface area contributed by atoms with Gasteiger partial charge in [-0.2, -0.15) is 0 Å². The van der Waals surface area contributed by atoms with E-state index in [4.69, 9.17) is 0 Å². The van der Waals surface area contributed by atoms with Crippen molar-refractivity contribution >= 4 is 0 Å². The Bertz CT molecular complexity index is 343. The fourth-order valence-electron chi connectivity index (χ4n) is 4.29. The molecule has 0 aromatic carbocycles. The zero-order valence-electron chi connectivity index (χ0n) is 13.9. The Morgan fingerprint density at radius 1 is 1.10 bits per heavy atom. The fraction of sp³-hybridized carbons (Fsp3) is 1.00. The molecule has 0 aromatic rings. The third kappa shape index (κ3) is 2.21. The molecular formula is C16H32O4. The Morgan fingerprint density at radius 3 is 1.85 bits per heavy atom. The van der Waals surface area contributed by atoms with E-state index in [1.54, 1.807) is 27.7 Å². The minimum absolute atomic E-state index is 0.0396. The highest BCUT2D eigenvalue weighted by molar-refractivity contribution is 5.23. The summed E-state index contributed by atoms with van der Waals surface area (Å²) in [5.74, 6) is -0.173. The van der Waals surface area contributed by atoms with Gasteiger partial charge in [-0.1, -0.05) is 48.5 Å². The maximum Gasteiger partial charge on any atom is 0.106 e. The molecule has 4 N–H and O–H groups in total. The van der Waals surface area contributed by atoms with Crippen LogP contribution in [0.4, 0.5) is 0 Å². The molecule has 0 saturated heterocycles. The average Bonchev–Trinajstić information content (AvgIpc) is 2.34. The average molecular weight is 288 g/mol. The lowest BCUT2D eigenvalue weighted by atomic mass is 9.40. The van der Waals surface area contributed by atoms with Gasteiger partial charge in [0.2, 0.25) is 0 Å². The second kappa shape index (κ2) is 4.94. The third-order valence-electron chi connectivity index (χ3n) is 5.60. The standard InChI is InChI=1S/C16H32O4/c1-10(8-13(2,3)9-17)11(18)16(20)14(4,5)12(19)15(16,6)7/h10-12,17-20H,8-9H2,1-7H3. The van der Waals surface area contributed by atoms with Crippen molar-refractivity contribution < 1.29 is 20.4 Å². The maximum atomic E-state index is 11.1. The van der Waals surface area contributed by atoms with Gasteiger partial charge in [-0.15, -0.1) is 0 Å². The molecular weight excluding hydrogens is 256 g/mol. The fourth-order valence-corrected chi connectivity index (χ4v) is 4.29. The molecule has 0 spiro atoms. The van der Waals surface area contributed by atoms with E-state index in [0.717, 1.165) is 0 Å². The largest absolute Gasteiger partial charge is 0.396 e. The molecule has 120 valence electrons. The smallest absolute Gasteiger partial charge is 0.106 e. The van der Waals surface area contributed by atoms with Gasteiger partial charge in [0.25, 0.3) is 0 Å². The topological polar surface area (TPSA) is 80.9 Å². The van der Waals surface area contributed by atoms with Crippen LogP contribution in [0.5, 0.6) is 0 Å². The van der Waals surface area contributed by atoms with Crippen LogP contribution in [0.15, 0.2) is 0 Å². The molecule has 0 aliphatic heterocycles. The van der Waals surface area contributed by atoms with Gasteiger partial charge in [-0.25, -0.2) is 0 Å². The molecule has 1 saturated carbocycles. The number of hydrogen-bond donors (Lipinski definition) is 4. The summed E-state index contributed by atoms with van der Waals surface area (Å²) in [5.41, 5.74) is -3.15. The summed E-state index contributed by atoms with van der Waals surface area (Å²) in [7, 11) is 0. The Morgan fingerprint density at radius 2 is 1.50 bits per heavy atom. The van der Waals surface area contributed by atoms with Crippen LogP contribution in [-0.4, -0.2) is 44.8 Å². The summed E-state index contributed by atoms with van der Waals surface area (Å²) in [5, 5.41) is 41.4. The summed E-state index contributed by atoms with van der Waals surface area (Å²) in [6.45, 7) is 12.9. The van der Waals surface area contributed by atoms with E-state index >= 15 is 0 Å². The number of hydrogen-bond acceptors (Lipinski definition) is 4. The van der Waals surface area contributed by atoms with Crippen molar-refractivity contribution in [2.75, 3.05) is 6.61 Å². The molecule has 0 aromatic heterocycles. The molecule has 0 bridgehead atoms. The van der Waals surface area contributed by atoms with Crippen LogP contribution >= 0.6 is 0 Å². The van der Waals surface area contributed by atoms with E-state index in [1.807, 2.05) is 20.8 Å². The predicted molar refractivity (Wildman–Crippen MR) is 79.2 cm³/mol. The van der Waals surface area contributed by atoms with Crippen molar-refractivity contribution in [1.82, 2.24) is 0 Å². The summed E-state index contributed by atoms with van der Waals surface area (Å²) in [4.78, 5) is 0. The van der Waals surface area contributed by atoms with Gasteiger partial charge in [-0.05, 0) is 17.8 Å². The molecule has 1 aliphatic rings. The molecule has 1 fully saturated rings. The molecule has 2 atom stereocenters. The van der Waals surface area contributed by atoms with Crippen molar-refractivity contribution in [3.8, 4) is 0 Å². The Kier molecular flexibility index (Phi) is 4.42. The molecule has 0 heterocycles.